The smallest absolute Gasteiger partial charge is 0.169 e. The number of ketones is 1. The van der Waals surface area contributed by atoms with Crippen molar-refractivity contribution in [2.45, 2.75) is 52.4 Å². The lowest BCUT2D eigenvalue weighted by Crippen LogP contribution is -2.18. The Morgan fingerprint density at radius 1 is 1.26 bits per heavy atom. The van der Waals surface area contributed by atoms with Crippen molar-refractivity contribution in [1.82, 2.24) is 0 Å². The molecule has 0 radical (unpaired) electrons. The molecule has 0 aliphatic carbocycles. The third-order valence-corrected chi connectivity index (χ3v) is 3.84. The first-order valence-electron chi connectivity index (χ1n) is 7.56. The van der Waals surface area contributed by atoms with E-state index in [1.54, 1.807) is 0 Å². The fraction of sp³-hybridized carbons (Fsp3) is 0.588. The van der Waals surface area contributed by atoms with E-state index in [0.29, 0.717) is 0 Å². The summed E-state index contributed by atoms with van der Waals surface area (Å²) in [6.45, 7) is 5.03. The molecule has 1 aliphatic heterocycles. The van der Waals surface area contributed by atoms with E-state index in [1.165, 1.54) is 5.56 Å². The lowest BCUT2D eigenvalue weighted by Gasteiger charge is -2.22. The van der Waals surface area contributed by atoms with Gasteiger partial charge in [-0.3, -0.25) is 4.79 Å². The molecule has 2 nitrogen and oxygen atoms in total. The SMILES string of the molecule is CCCC(CCC)C(=O)c1cccc2c1OCCC2. The molecule has 0 aromatic heterocycles. The van der Waals surface area contributed by atoms with Crippen LogP contribution in [0.4, 0.5) is 0 Å². The van der Waals surface area contributed by atoms with Crippen LogP contribution in [0.3, 0.4) is 0 Å². The van der Waals surface area contributed by atoms with Gasteiger partial charge in [0.1, 0.15) is 5.75 Å². The monoisotopic (exact) mass is 260 g/mol. The molecule has 0 N–H and O–H groups in total. The van der Waals surface area contributed by atoms with Gasteiger partial charge in [-0.15, -0.1) is 0 Å². The molecule has 1 aliphatic rings. The second kappa shape index (κ2) is 6.74. The maximum atomic E-state index is 12.7. The first-order chi connectivity index (χ1) is 9.27. The molecule has 2 rings (SSSR count). The normalized spacial score (nSPS) is 14.1. The lowest BCUT2D eigenvalue weighted by atomic mass is 9.88. The summed E-state index contributed by atoms with van der Waals surface area (Å²) in [5.74, 6) is 1.30. The zero-order chi connectivity index (χ0) is 13.7. The molecule has 19 heavy (non-hydrogen) atoms. The summed E-state index contributed by atoms with van der Waals surface area (Å²) in [7, 11) is 0. The summed E-state index contributed by atoms with van der Waals surface area (Å²) in [5.41, 5.74) is 2.01. The van der Waals surface area contributed by atoms with E-state index < -0.39 is 0 Å². The molecule has 0 fully saturated rings. The summed E-state index contributed by atoms with van der Waals surface area (Å²) >= 11 is 0. The maximum Gasteiger partial charge on any atom is 0.169 e. The number of carbonyl (C=O) groups is 1. The summed E-state index contributed by atoms with van der Waals surface area (Å²) in [5, 5.41) is 0. The van der Waals surface area contributed by atoms with Crippen LogP contribution in [0.25, 0.3) is 0 Å². The Morgan fingerprint density at radius 3 is 2.68 bits per heavy atom. The number of rotatable bonds is 6. The standard InChI is InChI=1S/C17H24O2/c1-3-7-13(8-4-2)16(18)15-11-5-9-14-10-6-12-19-17(14)15/h5,9,11,13H,3-4,6-8,10,12H2,1-2H3. The van der Waals surface area contributed by atoms with Crippen molar-refractivity contribution in [2.75, 3.05) is 6.61 Å². The van der Waals surface area contributed by atoms with Crippen molar-refractivity contribution in [3.63, 3.8) is 0 Å². The van der Waals surface area contributed by atoms with E-state index in [2.05, 4.69) is 19.9 Å². The van der Waals surface area contributed by atoms with E-state index in [4.69, 9.17) is 4.74 Å². The Labute approximate surface area is 116 Å². The van der Waals surface area contributed by atoms with Crippen LogP contribution in [-0.4, -0.2) is 12.4 Å². The highest BCUT2D eigenvalue weighted by molar-refractivity contribution is 6.00. The average Bonchev–Trinajstić information content (AvgIpc) is 2.46. The van der Waals surface area contributed by atoms with Crippen LogP contribution >= 0.6 is 0 Å². The molecule has 0 saturated carbocycles. The van der Waals surface area contributed by atoms with Crippen LogP contribution in [0.1, 0.15) is 61.9 Å². The lowest BCUT2D eigenvalue weighted by molar-refractivity contribution is 0.0899. The number of carbonyl (C=O) groups excluding carboxylic acids is 1. The number of ether oxygens (including phenoxy) is 1. The third-order valence-electron chi connectivity index (χ3n) is 3.84. The van der Waals surface area contributed by atoms with Crippen molar-refractivity contribution < 1.29 is 9.53 Å². The molecule has 0 spiro atoms. The van der Waals surface area contributed by atoms with Gasteiger partial charge in [0.15, 0.2) is 5.78 Å². The Kier molecular flexibility index (Phi) is 5.00. The van der Waals surface area contributed by atoms with Gasteiger partial charge in [-0.2, -0.15) is 0 Å². The number of para-hydroxylation sites is 1. The summed E-state index contributed by atoms with van der Waals surface area (Å²) in [6.07, 6.45) is 6.17. The predicted octanol–water partition coefficient (Wildman–Crippen LogP) is 4.41. The molecule has 1 aromatic rings. The number of benzene rings is 1. The zero-order valence-electron chi connectivity index (χ0n) is 12.1. The van der Waals surface area contributed by atoms with Gasteiger partial charge in [0.05, 0.1) is 12.2 Å². The topological polar surface area (TPSA) is 26.3 Å². The second-order valence-electron chi connectivity index (χ2n) is 5.38. The third kappa shape index (κ3) is 3.17. The number of fused-ring (bicyclic) bond motifs is 1. The quantitative estimate of drug-likeness (QED) is 0.708. The molecular formula is C17H24O2. The minimum Gasteiger partial charge on any atom is -0.493 e. The fourth-order valence-electron chi connectivity index (χ4n) is 2.91. The predicted molar refractivity (Wildman–Crippen MR) is 77.9 cm³/mol. The first kappa shape index (κ1) is 14.1. The van der Waals surface area contributed by atoms with Crippen molar-refractivity contribution >= 4 is 5.78 Å². The summed E-state index contributed by atoms with van der Waals surface area (Å²) in [4.78, 5) is 12.7. The molecule has 0 unspecified atom stereocenters. The molecule has 1 aromatic carbocycles. The van der Waals surface area contributed by atoms with Crippen molar-refractivity contribution in [2.24, 2.45) is 5.92 Å². The molecule has 104 valence electrons. The van der Waals surface area contributed by atoms with Gasteiger partial charge in [-0.1, -0.05) is 38.8 Å². The number of Topliss-reactive ketones (excluding diaryl/α,β-unsaturated/α-hetero) is 1. The highest BCUT2D eigenvalue weighted by atomic mass is 16.5. The largest absolute Gasteiger partial charge is 0.493 e. The van der Waals surface area contributed by atoms with Gasteiger partial charge < -0.3 is 4.74 Å². The van der Waals surface area contributed by atoms with Crippen molar-refractivity contribution in [3.05, 3.63) is 29.3 Å². The first-order valence-corrected chi connectivity index (χ1v) is 7.56. The van der Waals surface area contributed by atoms with Gasteiger partial charge in [-0.05, 0) is 37.3 Å². The van der Waals surface area contributed by atoms with E-state index in [1.807, 2.05) is 12.1 Å². The Hall–Kier alpha value is -1.31. The van der Waals surface area contributed by atoms with Gasteiger partial charge >= 0.3 is 0 Å². The molecule has 0 atom stereocenters. The minimum atomic E-state index is 0.159. The number of hydrogen-bond acceptors (Lipinski definition) is 2. The van der Waals surface area contributed by atoms with E-state index in [-0.39, 0.29) is 11.7 Å². The van der Waals surface area contributed by atoms with E-state index >= 15 is 0 Å². The molecular weight excluding hydrogens is 236 g/mol. The maximum absolute atomic E-state index is 12.7. The molecule has 0 bridgehead atoms. The highest BCUT2D eigenvalue weighted by Crippen LogP contribution is 2.32. The average molecular weight is 260 g/mol. The van der Waals surface area contributed by atoms with Gasteiger partial charge in [0, 0.05) is 5.92 Å². The van der Waals surface area contributed by atoms with Crippen molar-refractivity contribution in [1.29, 1.82) is 0 Å². The van der Waals surface area contributed by atoms with Crippen molar-refractivity contribution in [3.8, 4) is 5.75 Å². The fourth-order valence-corrected chi connectivity index (χ4v) is 2.91. The van der Waals surface area contributed by atoms with Crippen LogP contribution in [0, 0.1) is 5.92 Å². The van der Waals surface area contributed by atoms with Gasteiger partial charge in [-0.25, -0.2) is 0 Å². The molecule has 0 saturated heterocycles. The van der Waals surface area contributed by atoms with Crippen LogP contribution in [0.2, 0.25) is 0 Å². The van der Waals surface area contributed by atoms with E-state index in [9.17, 15) is 4.79 Å². The zero-order valence-corrected chi connectivity index (χ0v) is 12.1. The van der Waals surface area contributed by atoms with Gasteiger partial charge in [0.25, 0.3) is 0 Å². The van der Waals surface area contributed by atoms with Crippen LogP contribution < -0.4 is 4.74 Å². The Balaban J connectivity index is 2.27. The molecule has 0 amide bonds. The second-order valence-corrected chi connectivity index (χ2v) is 5.38. The number of hydrogen-bond donors (Lipinski definition) is 0. The Bertz CT molecular complexity index is 431. The minimum absolute atomic E-state index is 0.159. The van der Waals surface area contributed by atoms with Gasteiger partial charge in [0.2, 0.25) is 0 Å². The van der Waals surface area contributed by atoms with E-state index in [0.717, 1.165) is 56.4 Å². The van der Waals surface area contributed by atoms with Crippen LogP contribution in [0.5, 0.6) is 5.75 Å². The van der Waals surface area contributed by atoms with Crippen LogP contribution in [0.15, 0.2) is 18.2 Å². The highest BCUT2D eigenvalue weighted by Gasteiger charge is 2.24. The molecule has 2 heteroatoms. The number of aryl methyl sites for hydroxylation is 1. The Morgan fingerprint density at radius 2 is 2.00 bits per heavy atom. The summed E-state index contributed by atoms with van der Waals surface area (Å²) in [6, 6.07) is 6.01. The molecule has 1 heterocycles. The summed E-state index contributed by atoms with van der Waals surface area (Å²) < 4.78 is 5.76. The van der Waals surface area contributed by atoms with Crippen LogP contribution in [-0.2, 0) is 6.42 Å².